The summed E-state index contributed by atoms with van der Waals surface area (Å²) in [5.74, 6) is 0.321. The maximum Gasteiger partial charge on any atom is 0.387 e. The summed E-state index contributed by atoms with van der Waals surface area (Å²) in [5.41, 5.74) is 6.81. The minimum atomic E-state index is -2.89. The lowest BCUT2D eigenvalue weighted by Crippen LogP contribution is -2.21. The number of hydrogen-bond acceptors (Lipinski definition) is 3. The second-order valence-electron chi connectivity index (χ2n) is 4.09. The zero-order valence-electron chi connectivity index (χ0n) is 11.0. The molecule has 1 aromatic carbocycles. The van der Waals surface area contributed by atoms with Crippen LogP contribution in [0, 0.1) is 0 Å². The fraction of sp³-hybridized carbons (Fsp3) is 0.538. The minimum absolute atomic E-state index is 0.0191. The molecule has 0 amide bonds. The second-order valence-corrected chi connectivity index (χ2v) is 4.94. The fourth-order valence-corrected chi connectivity index (χ4v) is 2.24. The molecule has 0 aliphatic carbocycles. The molecule has 6 heteroatoms. The highest BCUT2D eigenvalue weighted by atomic mass is 79.9. The predicted molar refractivity (Wildman–Crippen MR) is 73.9 cm³/mol. The molecule has 0 bridgehead atoms. The Morgan fingerprint density at radius 1 is 1.32 bits per heavy atom. The Morgan fingerprint density at radius 2 is 2.00 bits per heavy atom. The molecule has 0 radical (unpaired) electrons. The number of halogens is 3. The summed E-state index contributed by atoms with van der Waals surface area (Å²) in [4.78, 5) is 0. The number of rotatable bonds is 7. The van der Waals surface area contributed by atoms with Gasteiger partial charge in [0.25, 0.3) is 0 Å². The standard InChI is InChI=1S/C13H18BrF2NO2/c1-3-9(17)5-8-6-10(14)12(19-13(15)16)11(7-8)18-4-2/h6-7,9,13H,3-5,17H2,1-2H3. The van der Waals surface area contributed by atoms with E-state index in [4.69, 9.17) is 10.5 Å². The molecule has 3 nitrogen and oxygen atoms in total. The molecule has 0 aliphatic rings. The van der Waals surface area contributed by atoms with Gasteiger partial charge in [0.1, 0.15) is 0 Å². The van der Waals surface area contributed by atoms with Crippen LogP contribution in [0.4, 0.5) is 8.78 Å². The molecule has 1 rings (SSSR count). The van der Waals surface area contributed by atoms with Crippen LogP contribution < -0.4 is 15.2 Å². The van der Waals surface area contributed by atoms with Gasteiger partial charge in [-0.05, 0) is 53.4 Å². The molecule has 0 heterocycles. The van der Waals surface area contributed by atoms with Crippen molar-refractivity contribution >= 4 is 15.9 Å². The Bertz CT molecular complexity index is 416. The van der Waals surface area contributed by atoms with Gasteiger partial charge in [-0.2, -0.15) is 8.78 Å². The van der Waals surface area contributed by atoms with Gasteiger partial charge in [-0.25, -0.2) is 0 Å². The van der Waals surface area contributed by atoms with E-state index >= 15 is 0 Å². The van der Waals surface area contributed by atoms with E-state index in [1.807, 2.05) is 6.92 Å². The van der Waals surface area contributed by atoms with Crippen LogP contribution in [0.1, 0.15) is 25.8 Å². The summed E-state index contributed by atoms with van der Waals surface area (Å²) >= 11 is 3.23. The van der Waals surface area contributed by atoms with Gasteiger partial charge in [0.2, 0.25) is 0 Å². The number of hydrogen-bond donors (Lipinski definition) is 1. The summed E-state index contributed by atoms with van der Waals surface area (Å²) in [5, 5.41) is 0. The van der Waals surface area contributed by atoms with Crippen molar-refractivity contribution in [2.45, 2.75) is 39.3 Å². The highest BCUT2D eigenvalue weighted by Crippen LogP contribution is 2.38. The van der Waals surface area contributed by atoms with E-state index in [2.05, 4.69) is 20.7 Å². The number of alkyl halides is 2. The van der Waals surface area contributed by atoms with Crippen LogP contribution in [0.25, 0.3) is 0 Å². The molecular weight excluding hydrogens is 320 g/mol. The van der Waals surface area contributed by atoms with Gasteiger partial charge in [-0.15, -0.1) is 0 Å². The Morgan fingerprint density at radius 3 is 2.53 bits per heavy atom. The van der Waals surface area contributed by atoms with Gasteiger partial charge in [0.05, 0.1) is 11.1 Å². The van der Waals surface area contributed by atoms with Crippen molar-refractivity contribution in [3.63, 3.8) is 0 Å². The number of nitrogens with two attached hydrogens (primary N) is 1. The fourth-order valence-electron chi connectivity index (χ4n) is 1.65. The van der Waals surface area contributed by atoms with Gasteiger partial charge in [0, 0.05) is 6.04 Å². The van der Waals surface area contributed by atoms with Gasteiger partial charge < -0.3 is 15.2 Å². The third kappa shape index (κ3) is 4.95. The molecule has 1 unspecified atom stereocenters. The SMILES string of the molecule is CCOc1cc(CC(N)CC)cc(Br)c1OC(F)F. The highest BCUT2D eigenvalue weighted by Gasteiger charge is 2.17. The molecule has 108 valence electrons. The van der Waals surface area contributed by atoms with E-state index in [-0.39, 0.29) is 11.8 Å². The quantitative estimate of drug-likeness (QED) is 0.824. The molecule has 0 fully saturated rings. The maximum atomic E-state index is 12.4. The second kappa shape index (κ2) is 7.65. The molecular formula is C13H18BrF2NO2. The van der Waals surface area contributed by atoms with Crippen molar-refractivity contribution in [1.29, 1.82) is 0 Å². The molecule has 1 atom stereocenters. The van der Waals surface area contributed by atoms with Crippen molar-refractivity contribution in [3.8, 4) is 11.5 Å². The largest absolute Gasteiger partial charge is 0.490 e. The number of ether oxygens (including phenoxy) is 2. The third-order valence-electron chi connectivity index (χ3n) is 2.60. The molecule has 19 heavy (non-hydrogen) atoms. The lowest BCUT2D eigenvalue weighted by atomic mass is 10.0. The van der Waals surface area contributed by atoms with E-state index in [9.17, 15) is 8.78 Å². The summed E-state index contributed by atoms with van der Waals surface area (Å²) in [6, 6.07) is 3.46. The average Bonchev–Trinajstić information content (AvgIpc) is 2.33. The van der Waals surface area contributed by atoms with Gasteiger partial charge in [-0.3, -0.25) is 0 Å². The van der Waals surface area contributed by atoms with E-state index in [1.165, 1.54) is 0 Å². The van der Waals surface area contributed by atoms with Crippen LogP contribution in [-0.4, -0.2) is 19.3 Å². The van der Waals surface area contributed by atoms with Gasteiger partial charge >= 0.3 is 6.61 Å². The van der Waals surface area contributed by atoms with Crippen LogP contribution in [0.5, 0.6) is 11.5 Å². The smallest absolute Gasteiger partial charge is 0.387 e. The van der Waals surface area contributed by atoms with E-state index in [0.29, 0.717) is 23.2 Å². The lowest BCUT2D eigenvalue weighted by Gasteiger charge is -2.16. The Balaban J connectivity index is 3.05. The van der Waals surface area contributed by atoms with Crippen molar-refractivity contribution in [2.24, 2.45) is 5.73 Å². The molecule has 0 aromatic heterocycles. The zero-order chi connectivity index (χ0) is 14.4. The normalized spacial score (nSPS) is 12.6. The maximum absolute atomic E-state index is 12.4. The van der Waals surface area contributed by atoms with Gasteiger partial charge in [-0.1, -0.05) is 6.92 Å². The summed E-state index contributed by atoms with van der Waals surface area (Å²) in [7, 11) is 0. The van der Waals surface area contributed by atoms with E-state index < -0.39 is 6.61 Å². The van der Waals surface area contributed by atoms with Crippen LogP contribution >= 0.6 is 15.9 Å². The Labute approximate surface area is 120 Å². The molecule has 0 saturated heterocycles. The molecule has 1 aromatic rings. The van der Waals surface area contributed by atoms with Crippen molar-refractivity contribution in [2.75, 3.05) is 6.61 Å². The van der Waals surface area contributed by atoms with Crippen LogP contribution in [0.2, 0.25) is 0 Å². The topological polar surface area (TPSA) is 44.5 Å². The van der Waals surface area contributed by atoms with Gasteiger partial charge in [0.15, 0.2) is 11.5 Å². The van der Waals surface area contributed by atoms with Crippen molar-refractivity contribution in [1.82, 2.24) is 0 Å². The van der Waals surface area contributed by atoms with Crippen LogP contribution in [0.3, 0.4) is 0 Å². The first-order valence-electron chi connectivity index (χ1n) is 6.13. The zero-order valence-corrected chi connectivity index (χ0v) is 12.5. The van der Waals surface area contributed by atoms with Crippen molar-refractivity contribution in [3.05, 3.63) is 22.2 Å². The predicted octanol–water partition coefficient (Wildman–Crippen LogP) is 3.73. The summed E-state index contributed by atoms with van der Waals surface area (Å²) < 4.78 is 35.0. The van der Waals surface area contributed by atoms with Crippen molar-refractivity contribution < 1.29 is 18.3 Å². The average molecular weight is 338 g/mol. The first-order chi connectivity index (χ1) is 8.97. The Hall–Kier alpha value is -0.880. The highest BCUT2D eigenvalue weighted by molar-refractivity contribution is 9.10. The first-order valence-corrected chi connectivity index (χ1v) is 6.92. The summed E-state index contributed by atoms with van der Waals surface area (Å²) in [6.45, 7) is 1.26. The first kappa shape index (κ1) is 16.2. The van der Waals surface area contributed by atoms with E-state index in [1.54, 1.807) is 19.1 Å². The minimum Gasteiger partial charge on any atom is -0.490 e. The molecule has 2 N–H and O–H groups in total. The Kier molecular flexibility index (Phi) is 6.51. The molecule has 0 spiro atoms. The van der Waals surface area contributed by atoms with E-state index in [0.717, 1.165) is 12.0 Å². The number of benzene rings is 1. The molecule has 0 aliphatic heterocycles. The van der Waals surface area contributed by atoms with Crippen LogP contribution in [-0.2, 0) is 6.42 Å². The molecule has 0 saturated carbocycles. The lowest BCUT2D eigenvalue weighted by molar-refractivity contribution is -0.0519. The summed E-state index contributed by atoms with van der Waals surface area (Å²) in [6.07, 6.45) is 1.50. The van der Waals surface area contributed by atoms with Crippen LogP contribution in [0.15, 0.2) is 16.6 Å². The monoisotopic (exact) mass is 337 g/mol. The third-order valence-corrected chi connectivity index (χ3v) is 3.19.